The number of aromatic nitrogens is 2. The number of hydrogen-bond acceptors (Lipinski definition) is 5. The molecule has 5 aromatic rings. The largest absolute Gasteiger partial charge is 0.355 e. The van der Waals surface area contributed by atoms with E-state index in [2.05, 4.69) is 29.6 Å². The molecule has 1 heterocycles. The van der Waals surface area contributed by atoms with Gasteiger partial charge in [-0.1, -0.05) is 84.6 Å². The molecule has 0 saturated heterocycles. The van der Waals surface area contributed by atoms with Gasteiger partial charge in [-0.05, 0) is 53.9 Å². The molecule has 0 fully saturated rings. The first-order valence-corrected chi connectivity index (χ1v) is 15.1. The number of para-hydroxylation sites is 1. The van der Waals surface area contributed by atoms with Crippen molar-refractivity contribution in [2.45, 2.75) is 17.5 Å². The second-order valence-corrected chi connectivity index (χ2v) is 11.4. The maximum atomic E-state index is 13.5. The van der Waals surface area contributed by atoms with E-state index < -0.39 is 0 Å². The lowest BCUT2D eigenvalue weighted by atomic mass is 9.88. The molecule has 0 bridgehead atoms. The van der Waals surface area contributed by atoms with Crippen molar-refractivity contribution in [1.82, 2.24) is 14.9 Å². The van der Waals surface area contributed by atoms with E-state index in [1.165, 1.54) is 51.4 Å². The van der Waals surface area contributed by atoms with Gasteiger partial charge >= 0.3 is 0 Å². The highest BCUT2D eigenvalue weighted by atomic mass is 32.2. The number of nitrogens with one attached hydrogen (secondary N) is 1. The summed E-state index contributed by atoms with van der Waals surface area (Å²) in [6.07, 6.45) is 0.796. The molecule has 0 aliphatic rings. The van der Waals surface area contributed by atoms with Crippen molar-refractivity contribution in [2.24, 2.45) is 0 Å². The number of halogens is 1. The Hall–Kier alpha value is -3.88. The number of benzene rings is 4. The third-order valence-electron chi connectivity index (χ3n) is 6.49. The van der Waals surface area contributed by atoms with Crippen molar-refractivity contribution in [3.8, 4) is 5.69 Å². The lowest BCUT2D eigenvalue weighted by molar-refractivity contribution is -0.118. The van der Waals surface area contributed by atoms with Gasteiger partial charge in [-0.3, -0.25) is 14.2 Å². The Labute approximate surface area is 240 Å². The summed E-state index contributed by atoms with van der Waals surface area (Å²) >= 11 is 2.84. The Morgan fingerprint density at radius 1 is 0.850 bits per heavy atom. The highest BCUT2D eigenvalue weighted by Crippen LogP contribution is 2.28. The molecule has 1 amide bonds. The van der Waals surface area contributed by atoms with Crippen LogP contribution in [0.1, 0.15) is 23.5 Å². The van der Waals surface area contributed by atoms with Crippen LogP contribution >= 0.6 is 23.5 Å². The average molecular weight is 570 g/mol. The number of thioether (sulfide) groups is 2. The van der Waals surface area contributed by atoms with Crippen LogP contribution in [0.2, 0.25) is 0 Å². The molecule has 0 atom stereocenters. The van der Waals surface area contributed by atoms with Gasteiger partial charge in [-0.25, -0.2) is 9.37 Å². The summed E-state index contributed by atoms with van der Waals surface area (Å²) in [5, 5.41) is 4.57. The van der Waals surface area contributed by atoms with E-state index >= 15 is 0 Å². The second kappa shape index (κ2) is 13.5. The standard InChI is InChI=1S/C32H28FN3O2S2/c33-25-15-17-26(18-16-25)36-31(38)28-13-7-8-14-29(28)35-32(36)40-22-39-21-30(37)34-20-19-27(23-9-3-1-4-10-23)24-11-5-2-6-12-24/h1-18,27H,19-22H2,(H,34,37). The van der Waals surface area contributed by atoms with Gasteiger partial charge in [0.2, 0.25) is 5.91 Å². The Morgan fingerprint density at radius 2 is 1.48 bits per heavy atom. The summed E-state index contributed by atoms with van der Waals surface area (Å²) in [4.78, 5) is 30.6. The fraction of sp³-hybridized carbons (Fsp3) is 0.156. The average Bonchev–Trinajstić information content (AvgIpc) is 2.99. The van der Waals surface area contributed by atoms with E-state index in [4.69, 9.17) is 4.98 Å². The van der Waals surface area contributed by atoms with Crippen molar-refractivity contribution in [3.63, 3.8) is 0 Å². The Morgan fingerprint density at radius 3 is 2.15 bits per heavy atom. The molecule has 1 aromatic heterocycles. The van der Waals surface area contributed by atoms with Gasteiger partial charge < -0.3 is 5.32 Å². The van der Waals surface area contributed by atoms with Crippen molar-refractivity contribution >= 4 is 40.3 Å². The van der Waals surface area contributed by atoms with Gasteiger partial charge in [0.15, 0.2) is 5.16 Å². The number of carbonyl (C=O) groups excluding carboxylic acids is 1. The molecule has 8 heteroatoms. The lowest BCUT2D eigenvalue weighted by Crippen LogP contribution is -2.27. The van der Waals surface area contributed by atoms with Crippen LogP contribution in [0.4, 0.5) is 4.39 Å². The van der Waals surface area contributed by atoms with E-state index in [-0.39, 0.29) is 23.2 Å². The molecule has 4 aromatic carbocycles. The zero-order chi connectivity index (χ0) is 27.7. The number of amides is 1. The molecule has 5 nitrogen and oxygen atoms in total. The van der Waals surface area contributed by atoms with E-state index in [0.717, 1.165) is 6.42 Å². The predicted octanol–water partition coefficient (Wildman–Crippen LogP) is 6.65. The highest BCUT2D eigenvalue weighted by molar-refractivity contribution is 8.16. The predicted molar refractivity (Wildman–Crippen MR) is 163 cm³/mol. The lowest BCUT2D eigenvalue weighted by Gasteiger charge is -2.18. The smallest absolute Gasteiger partial charge is 0.266 e. The summed E-state index contributed by atoms with van der Waals surface area (Å²) in [5.41, 5.74) is 3.38. The molecule has 40 heavy (non-hydrogen) atoms. The minimum absolute atomic E-state index is 0.0344. The second-order valence-electron chi connectivity index (χ2n) is 9.15. The van der Waals surface area contributed by atoms with Gasteiger partial charge in [-0.15, -0.1) is 11.8 Å². The zero-order valence-electron chi connectivity index (χ0n) is 21.7. The molecule has 0 radical (unpaired) electrons. The van der Waals surface area contributed by atoms with E-state index in [1.54, 1.807) is 30.3 Å². The van der Waals surface area contributed by atoms with Gasteiger partial charge in [-0.2, -0.15) is 0 Å². The third-order valence-corrected chi connectivity index (χ3v) is 8.63. The molecule has 1 N–H and O–H groups in total. The molecule has 0 aliphatic carbocycles. The topological polar surface area (TPSA) is 64.0 Å². The SMILES string of the molecule is O=C(CSCSc1nc2ccccc2c(=O)n1-c1ccc(F)cc1)NCCC(c1ccccc1)c1ccccc1. The number of rotatable bonds is 11. The van der Waals surface area contributed by atoms with Crippen LogP contribution in [-0.2, 0) is 4.79 Å². The van der Waals surface area contributed by atoms with Crippen molar-refractivity contribution in [2.75, 3.05) is 17.4 Å². The number of fused-ring (bicyclic) bond motifs is 1. The number of carbonyl (C=O) groups is 1. The summed E-state index contributed by atoms with van der Waals surface area (Å²) < 4.78 is 15.0. The van der Waals surface area contributed by atoms with Gasteiger partial charge in [0, 0.05) is 17.5 Å². The molecule has 0 saturated carbocycles. The van der Waals surface area contributed by atoms with Crippen LogP contribution in [0, 0.1) is 5.82 Å². The van der Waals surface area contributed by atoms with Gasteiger partial charge in [0.05, 0.1) is 22.3 Å². The first kappa shape index (κ1) is 27.7. The van der Waals surface area contributed by atoms with E-state index in [9.17, 15) is 14.0 Å². The number of hydrogen-bond donors (Lipinski definition) is 1. The van der Waals surface area contributed by atoms with Crippen molar-refractivity contribution in [3.05, 3.63) is 136 Å². The molecule has 202 valence electrons. The number of nitrogens with zero attached hydrogens (tertiary/aromatic N) is 2. The summed E-state index contributed by atoms with van der Waals surface area (Å²) in [6, 6.07) is 33.6. The molecular formula is C32H28FN3O2S2. The fourth-order valence-electron chi connectivity index (χ4n) is 4.56. The normalized spacial score (nSPS) is 11.2. The van der Waals surface area contributed by atoms with Gasteiger partial charge in [0.1, 0.15) is 5.82 Å². The summed E-state index contributed by atoms with van der Waals surface area (Å²) in [7, 11) is 0. The maximum Gasteiger partial charge on any atom is 0.266 e. The first-order chi connectivity index (χ1) is 19.6. The van der Waals surface area contributed by atoms with Crippen LogP contribution < -0.4 is 10.9 Å². The summed E-state index contributed by atoms with van der Waals surface area (Å²) in [5.74, 6) is 0.0871. The quantitative estimate of drug-likeness (QED) is 0.0836. The fourth-order valence-corrected chi connectivity index (χ4v) is 6.42. The van der Waals surface area contributed by atoms with Crippen LogP contribution in [0.25, 0.3) is 16.6 Å². The van der Waals surface area contributed by atoms with Gasteiger partial charge in [0.25, 0.3) is 5.56 Å². The molecule has 5 rings (SSSR count). The zero-order valence-corrected chi connectivity index (χ0v) is 23.3. The Bertz CT molecular complexity index is 1590. The Kier molecular flexibility index (Phi) is 9.31. The van der Waals surface area contributed by atoms with Crippen LogP contribution in [0.15, 0.2) is 119 Å². The minimum Gasteiger partial charge on any atom is -0.355 e. The van der Waals surface area contributed by atoms with E-state index in [0.29, 0.717) is 39.1 Å². The molecular weight excluding hydrogens is 542 g/mol. The van der Waals surface area contributed by atoms with Crippen LogP contribution in [0.5, 0.6) is 0 Å². The maximum absolute atomic E-state index is 13.5. The minimum atomic E-state index is -0.375. The van der Waals surface area contributed by atoms with E-state index in [1.807, 2.05) is 42.5 Å². The third kappa shape index (κ3) is 6.81. The Balaban J connectivity index is 1.19. The molecule has 0 unspecified atom stereocenters. The van der Waals surface area contributed by atoms with Crippen molar-refractivity contribution < 1.29 is 9.18 Å². The first-order valence-electron chi connectivity index (χ1n) is 12.9. The highest BCUT2D eigenvalue weighted by Gasteiger charge is 2.16. The van der Waals surface area contributed by atoms with Crippen LogP contribution in [0.3, 0.4) is 0 Å². The van der Waals surface area contributed by atoms with Crippen LogP contribution in [-0.4, -0.2) is 32.8 Å². The molecule has 0 spiro atoms. The summed E-state index contributed by atoms with van der Waals surface area (Å²) in [6.45, 7) is 0.567. The monoisotopic (exact) mass is 569 g/mol. The molecule has 0 aliphatic heterocycles. The van der Waals surface area contributed by atoms with Crippen molar-refractivity contribution in [1.29, 1.82) is 0 Å².